The first-order chi connectivity index (χ1) is 12.0. The van der Waals surface area contributed by atoms with Crippen LogP contribution in [0.4, 0.5) is 5.69 Å². The molecule has 2 aromatic carbocycles. The van der Waals surface area contributed by atoms with Gasteiger partial charge in [0.15, 0.2) is 5.43 Å². The number of methoxy groups -OCH3 is 1. The van der Waals surface area contributed by atoms with E-state index in [1.807, 2.05) is 6.92 Å². The minimum atomic E-state index is -0.128. The van der Waals surface area contributed by atoms with Gasteiger partial charge in [0.25, 0.3) is 0 Å². The van der Waals surface area contributed by atoms with Gasteiger partial charge in [-0.05, 0) is 42.3 Å². The molecule has 0 spiro atoms. The molecule has 0 radical (unpaired) electrons. The van der Waals surface area contributed by atoms with Gasteiger partial charge >= 0.3 is 0 Å². The Morgan fingerprint density at radius 1 is 1.24 bits per heavy atom. The smallest absolute Gasteiger partial charge is 0.200 e. The molecule has 0 bridgehead atoms. The van der Waals surface area contributed by atoms with Crippen LogP contribution in [0.3, 0.4) is 0 Å². The second-order valence-corrected chi connectivity index (χ2v) is 5.84. The fourth-order valence-corrected chi connectivity index (χ4v) is 2.51. The summed E-state index contributed by atoms with van der Waals surface area (Å²) in [5.74, 6) is 1.19. The summed E-state index contributed by atoms with van der Waals surface area (Å²) < 4.78 is 16.4. The molecule has 3 rings (SSSR count). The Hall–Kier alpha value is -3.21. The highest BCUT2D eigenvalue weighted by molar-refractivity contribution is 5.83. The Labute approximate surface area is 145 Å². The normalized spacial score (nSPS) is 10.6. The third-order valence-corrected chi connectivity index (χ3v) is 3.77. The zero-order valence-corrected chi connectivity index (χ0v) is 14.2. The zero-order valence-electron chi connectivity index (χ0n) is 14.2. The summed E-state index contributed by atoms with van der Waals surface area (Å²) in [6, 6.07) is 10.3. The summed E-state index contributed by atoms with van der Waals surface area (Å²) in [5, 5.41) is 0.481. The molecule has 0 unspecified atom stereocenters. The van der Waals surface area contributed by atoms with Crippen LogP contribution in [0.5, 0.6) is 11.5 Å². The van der Waals surface area contributed by atoms with Crippen LogP contribution in [-0.2, 0) is 0 Å². The average Bonchev–Trinajstić information content (AvgIpc) is 2.60. The average molecular weight is 337 g/mol. The van der Waals surface area contributed by atoms with E-state index in [1.165, 1.54) is 6.26 Å². The topological polar surface area (TPSA) is 74.7 Å². The molecule has 0 aliphatic rings. The second-order valence-electron chi connectivity index (χ2n) is 5.84. The third kappa shape index (κ3) is 3.35. The van der Waals surface area contributed by atoms with Gasteiger partial charge in [0.2, 0.25) is 0 Å². The van der Waals surface area contributed by atoms with Crippen LogP contribution in [0.1, 0.15) is 6.92 Å². The van der Waals surface area contributed by atoms with E-state index in [2.05, 4.69) is 6.58 Å². The molecule has 0 aliphatic heterocycles. The fourth-order valence-electron chi connectivity index (χ4n) is 2.51. The maximum Gasteiger partial charge on any atom is 0.200 e. The van der Waals surface area contributed by atoms with Crippen molar-refractivity contribution in [3.8, 4) is 22.6 Å². The van der Waals surface area contributed by atoms with Gasteiger partial charge in [-0.1, -0.05) is 12.6 Å². The van der Waals surface area contributed by atoms with Gasteiger partial charge in [-0.15, -0.1) is 0 Å². The largest absolute Gasteiger partial charge is 0.495 e. The highest BCUT2D eigenvalue weighted by atomic mass is 16.5. The molecule has 0 fully saturated rings. The number of anilines is 1. The predicted octanol–water partition coefficient (Wildman–Crippen LogP) is 4.01. The monoisotopic (exact) mass is 337 g/mol. The van der Waals surface area contributed by atoms with Crippen LogP contribution >= 0.6 is 0 Å². The van der Waals surface area contributed by atoms with Gasteiger partial charge in [0, 0.05) is 6.07 Å². The molecule has 2 N–H and O–H groups in total. The lowest BCUT2D eigenvalue weighted by Crippen LogP contribution is -2.05. The third-order valence-electron chi connectivity index (χ3n) is 3.77. The van der Waals surface area contributed by atoms with E-state index >= 15 is 0 Å². The lowest BCUT2D eigenvalue weighted by Gasteiger charge is -2.09. The number of fused-ring (bicyclic) bond motifs is 1. The number of benzene rings is 2. The van der Waals surface area contributed by atoms with Crippen LogP contribution in [0.15, 0.2) is 64.0 Å². The van der Waals surface area contributed by atoms with Crippen LogP contribution in [0, 0.1) is 0 Å². The van der Waals surface area contributed by atoms with Crippen molar-refractivity contribution < 1.29 is 13.9 Å². The van der Waals surface area contributed by atoms with Gasteiger partial charge in [0.1, 0.15) is 30.0 Å². The van der Waals surface area contributed by atoms with E-state index in [1.54, 1.807) is 43.5 Å². The summed E-state index contributed by atoms with van der Waals surface area (Å²) in [4.78, 5) is 12.8. The van der Waals surface area contributed by atoms with Crippen molar-refractivity contribution in [2.24, 2.45) is 0 Å². The first-order valence-corrected chi connectivity index (χ1v) is 7.76. The van der Waals surface area contributed by atoms with E-state index in [4.69, 9.17) is 19.6 Å². The van der Waals surface area contributed by atoms with E-state index in [0.29, 0.717) is 45.9 Å². The lowest BCUT2D eigenvalue weighted by molar-refractivity contribution is 0.352. The maximum atomic E-state index is 12.8. The molecule has 1 aromatic heterocycles. The summed E-state index contributed by atoms with van der Waals surface area (Å²) in [6.45, 7) is 6.09. The summed E-state index contributed by atoms with van der Waals surface area (Å²) in [5.41, 5.74) is 8.76. The first-order valence-electron chi connectivity index (χ1n) is 7.76. The van der Waals surface area contributed by atoms with E-state index in [0.717, 1.165) is 5.57 Å². The Balaban J connectivity index is 2.03. The van der Waals surface area contributed by atoms with Crippen molar-refractivity contribution in [1.29, 1.82) is 0 Å². The first kappa shape index (κ1) is 16.6. The van der Waals surface area contributed by atoms with Gasteiger partial charge < -0.3 is 19.6 Å². The minimum Gasteiger partial charge on any atom is -0.495 e. The van der Waals surface area contributed by atoms with Crippen LogP contribution in [-0.4, -0.2) is 13.7 Å². The SMILES string of the molecule is C=C(C)COc1ccc2c(=O)c(-c3ccc(OC)c(N)c3)coc2c1. The van der Waals surface area contributed by atoms with Crippen LogP contribution < -0.4 is 20.6 Å². The van der Waals surface area contributed by atoms with Crippen molar-refractivity contribution in [1.82, 2.24) is 0 Å². The molecular weight excluding hydrogens is 318 g/mol. The van der Waals surface area contributed by atoms with Crippen LogP contribution in [0.2, 0.25) is 0 Å². The Bertz CT molecular complexity index is 1000. The van der Waals surface area contributed by atoms with Crippen molar-refractivity contribution in [2.75, 3.05) is 19.5 Å². The summed E-state index contributed by atoms with van der Waals surface area (Å²) in [7, 11) is 1.54. The Morgan fingerprint density at radius 3 is 2.72 bits per heavy atom. The molecule has 0 saturated heterocycles. The molecule has 3 aromatic rings. The molecular formula is C20H19NO4. The number of nitrogen functional groups attached to an aromatic ring is 1. The molecule has 5 nitrogen and oxygen atoms in total. The van der Waals surface area contributed by atoms with Crippen LogP contribution in [0.25, 0.3) is 22.1 Å². The fraction of sp³-hybridized carbons (Fsp3) is 0.150. The highest BCUT2D eigenvalue weighted by Crippen LogP contribution is 2.28. The van der Waals surface area contributed by atoms with Gasteiger partial charge in [-0.3, -0.25) is 4.79 Å². The molecule has 0 amide bonds. The van der Waals surface area contributed by atoms with Gasteiger partial charge in [0.05, 0.1) is 23.7 Å². The molecule has 0 aliphatic carbocycles. The van der Waals surface area contributed by atoms with Crippen molar-refractivity contribution in [3.63, 3.8) is 0 Å². The molecule has 0 atom stereocenters. The van der Waals surface area contributed by atoms with E-state index in [9.17, 15) is 4.79 Å². The lowest BCUT2D eigenvalue weighted by atomic mass is 10.0. The Kier molecular flexibility index (Phi) is 4.48. The van der Waals surface area contributed by atoms with Gasteiger partial charge in [-0.25, -0.2) is 0 Å². The molecule has 0 saturated carbocycles. The number of hydrogen-bond acceptors (Lipinski definition) is 5. The molecule has 25 heavy (non-hydrogen) atoms. The predicted molar refractivity (Wildman–Crippen MR) is 99.2 cm³/mol. The Morgan fingerprint density at radius 2 is 2.04 bits per heavy atom. The van der Waals surface area contributed by atoms with Crippen molar-refractivity contribution in [3.05, 3.63) is 65.0 Å². The molecule has 1 heterocycles. The minimum absolute atomic E-state index is 0.128. The van der Waals surface area contributed by atoms with Crippen molar-refractivity contribution >= 4 is 16.7 Å². The number of rotatable bonds is 5. The van der Waals surface area contributed by atoms with Crippen molar-refractivity contribution in [2.45, 2.75) is 6.92 Å². The van der Waals surface area contributed by atoms with E-state index in [-0.39, 0.29) is 5.43 Å². The van der Waals surface area contributed by atoms with E-state index < -0.39 is 0 Å². The zero-order chi connectivity index (χ0) is 18.0. The summed E-state index contributed by atoms with van der Waals surface area (Å²) in [6.07, 6.45) is 1.44. The van der Waals surface area contributed by atoms with Gasteiger partial charge in [-0.2, -0.15) is 0 Å². The standard InChI is InChI=1S/C20H19NO4/c1-12(2)10-24-14-5-6-15-19(9-14)25-11-16(20(15)22)13-4-7-18(23-3)17(21)8-13/h4-9,11H,1,10,21H2,2-3H3. The number of hydrogen-bond donors (Lipinski definition) is 1. The number of nitrogens with two attached hydrogens (primary N) is 1. The molecule has 5 heteroatoms. The second kappa shape index (κ2) is 6.73. The quantitative estimate of drug-likeness (QED) is 0.562. The maximum absolute atomic E-state index is 12.8. The highest BCUT2D eigenvalue weighted by Gasteiger charge is 2.11. The molecule has 128 valence electrons. The summed E-state index contributed by atoms with van der Waals surface area (Å²) >= 11 is 0. The number of ether oxygens (including phenoxy) is 2.